The number of nitrogens with zero attached hydrogens (tertiary/aromatic N) is 1. The molecule has 1 unspecified atom stereocenters. The van der Waals surface area contributed by atoms with Gasteiger partial charge in [0, 0.05) is 5.69 Å². The summed E-state index contributed by atoms with van der Waals surface area (Å²) in [7, 11) is 0. The highest BCUT2D eigenvalue weighted by atomic mass is 35.5. The number of benzene rings is 1. The summed E-state index contributed by atoms with van der Waals surface area (Å²) in [5.74, 6) is 0.0697. The maximum absolute atomic E-state index is 12.1. The van der Waals surface area contributed by atoms with Gasteiger partial charge in [-0.3, -0.25) is 4.79 Å². The second-order valence-corrected chi connectivity index (χ2v) is 6.14. The van der Waals surface area contributed by atoms with Gasteiger partial charge in [-0.1, -0.05) is 6.42 Å². The fourth-order valence-electron chi connectivity index (χ4n) is 2.42. The van der Waals surface area contributed by atoms with Crippen LogP contribution >= 0.6 is 23.7 Å². The molecule has 1 aromatic heterocycles. The van der Waals surface area contributed by atoms with Gasteiger partial charge in [0.2, 0.25) is 5.91 Å². The Balaban J connectivity index is 0.00000147. The molecule has 2 aromatic rings. The zero-order chi connectivity index (χ0) is 13.2. The van der Waals surface area contributed by atoms with Gasteiger partial charge in [-0.25, -0.2) is 4.98 Å². The first-order valence-corrected chi connectivity index (χ1v) is 7.45. The first-order chi connectivity index (χ1) is 9.22. The smallest absolute Gasteiger partial charge is 0.241 e. The number of halogens is 1. The molecule has 3 rings (SSSR count). The number of piperidine rings is 1. The normalized spacial score (nSPS) is 18.6. The number of carbonyl (C=O) groups is 1. The van der Waals surface area contributed by atoms with Crippen molar-refractivity contribution in [2.45, 2.75) is 32.2 Å². The molecule has 1 aliphatic heterocycles. The van der Waals surface area contributed by atoms with Crippen LogP contribution in [0, 0.1) is 6.92 Å². The van der Waals surface area contributed by atoms with E-state index >= 15 is 0 Å². The van der Waals surface area contributed by atoms with Gasteiger partial charge in [-0.05, 0) is 44.5 Å². The molecule has 0 bridgehead atoms. The molecule has 0 saturated carbocycles. The van der Waals surface area contributed by atoms with Crippen molar-refractivity contribution in [1.82, 2.24) is 10.3 Å². The highest BCUT2D eigenvalue weighted by molar-refractivity contribution is 7.18. The van der Waals surface area contributed by atoms with E-state index in [0.717, 1.165) is 46.7 Å². The number of thiazole rings is 1. The highest BCUT2D eigenvalue weighted by Crippen LogP contribution is 2.25. The number of carbonyl (C=O) groups excluding carboxylic acids is 1. The van der Waals surface area contributed by atoms with Crippen molar-refractivity contribution in [3.8, 4) is 0 Å². The second-order valence-electron chi connectivity index (χ2n) is 4.91. The Morgan fingerprint density at radius 3 is 3.05 bits per heavy atom. The number of aryl methyl sites for hydroxylation is 1. The number of nitrogens with one attached hydrogen (secondary N) is 2. The van der Waals surface area contributed by atoms with Crippen LogP contribution in [0.4, 0.5) is 5.69 Å². The molecule has 4 nitrogen and oxygen atoms in total. The summed E-state index contributed by atoms with van der Waals surface area (Å²) >= 11 is 1.65. The lowest BCUT2D eigenvalue weighted by molar-refractivity contribution is -0.118. The predicted octanol–water partition coefficient (Wildman–Crippen LogP) is 3.11. The molecule has 6 heteroatoms. The van der Waals surface area contributed by atoms with Gasteiger partial charge in [0.1, 0.15) is 0 Å². The van der Waals surface area contributed by atoms with E-state index in [1.54, 1.807) is 11.3 Å². The quantitative estimate of drug-likeness (QED) is 0.896. The van der Waals surface area contributed by atoms with E-state index in [-0.39, 0.29) is 24.4 Å². The lowest BCUT2D eigenvalue weighted by Crippen LogP contribution is -2.43. The molecule has 0 aliphatic carbocycles. The van der Waals surface area contributed by atoms with E-state index in [4.69, 9.17) is 0 Å². The zero-order valence-electron chi connectivity index (χ0n) is 11.3. The SMILES string of the molecule is Cc1nc2ccc(NC(=O)C3CCCCN3)cc2s1.Cl. The maximum atomic E-state index is 12.1. The number of hydrogen-bond donors (Lipinski definition) is 2. The van der Waals surface area contributed by atoms with Crippen molar-refractivity contribution < 1.29 is 4.79 Å². The van der Waals surface area contributed by atoms with Crippen LogP contribution in [0.15, 0.2) is 18.2 Å². The summed E-state index contributed by atoms with van der Waals surface area (Å²) in [5.41, 5.74) is 1.85. The van der Waals surface area contributed by atoms with E-state index in [2.05, 4.69) is 15.6 Å². The van der Waals surface area contributed by atoms with Crippen LogP contribution in [0.3, 0.4) is 0 Å². The van der Waals surface area contributed by atoms with Crippen LogP contribution in [-0.2, 0) is 4.79 Å². The van der Waals surface area contributed by atoms with E-state index in [0.29, 0.717) is 0 Å². The van der Waals surface area contributed by atoms with Crippen molar-refractivity contribution in [1.29, 1.82) is 0 Å². The number of aromatic nitrogens is 1. The molecule has 1 atom stereocenters. The summed E-state index contributed by atoms with van der Waals surface area (Å²) in [6.45, 7) is 2.93. The molecule has 108 valence electrons. The van der Waals surface area contributed by atoms with Crippen LogP contribution in [0.2, 0.25) is 0 Å². The summed E-state index contributed by atoms with van der Waals surface area (Å²) in [5, 5.41) is 7.30. The molecule has 1 aliphatic rings. The number of fused-ring (bicyclic) bond motifs is 1. The molecule has 20 heavy (non-hydrogen) atoms. The third-order valence-corrected chi connectivity index (χ3v) is 4.32. The van der Waals surface area contributed by atoms with Gasteiger partial charge >= 0.3 is 0 Å². The average molecular weight is 312 g/mol. The third-order valence-electron chi connectivity index (χ3n) is 3.39. The average Bonchev–Trinajstić information content (AvgIpc) is 2.79. The van der Waals surface area contributed by atoms with Gasteiger partial charge in [0.15, 0.2) is 0 Å². The minimum atomic E-state index is -0.0485. The van der Waals surface area contributed by atoms with Crippen molar-refractivity contribution in [3.63, 3.8) is 0 Å². The van der Waals surface area contributed by atoms with Gasteiger partial charge in [-0.15, -0.1) is 23.7 Å². The molecular weight excluding hydrogens is 294 g/mol. The van der Waals surface area contributed by atoms with Gasteiger partial charge in [-0.2, -0.15) is 0 Å². The molecule has 1 fully saturated rings. The minimum Gasteiger partial charge on any atom is -0.325 e. The zero-order valence-corrected chi connectivity index (χ0v) is 12.9. The van der Waals surface area contributed by atoms with Crippen molar-refractivity contribution in [2.24, 2.45) is 0 Å². The van der Waals surface area contributed by atoms with Gasteiger partial charge in [0.25, 0.3) is 0 Å². The summed E-state index contributed by atoms with van der Waals surface area (Å²) < 4.78 is 1.12. The number of rotatable bonds is 2. The van der Waals surface area contributed by atoms with E-state index in [1.165, 1.54) is 0 Å². The molecule has 1 amide bonds. The fraction of sp³-hybridized carbons (Fsp3) is 0.429. The van der Waals surface area contributed by atoms with Crippen LogP contribution in [0.25, 0.3) is 10.2 Å². The molecule has 1 saturated heterocycles. The standard InChI is InChI=1S/C14H17N3OS.ClH/c1-9-16-11-6-5-10(8-13(11)19-9)17-14(18)12-4-2-3-7-15-12;/h5-6,8,12,15H,2-4,7H2,1H3,(H,17,18);1H. The Morgan fingerprint density at radius 2 is 2.30 bits per heavy atom. The van der Waals surface area contributed by atoms with Crippen LogP contribution in [0.5, 0.6) is 0 Å². The van der Waals surface area contributed by atoms with Crippen LogP contribution in [-0.4, -0.2) is 23.5 Å². The van der Waals surface area contributed by atoms with Gasteiger partial charge in [0.05, 0.1) is 21.3 Å². The predicted molar refractivity (Wildman–Crippen MR) is 85.9 cm³/mol. The Bertz CT molecular complexity index is 607. The Morgan fingerprint density at radius 1 is 1.45 bits per heavy atom. The highest BCUT2D eigenvalue weighted by Gasteiger charge is 2.20. The number of amides is 1. The van der Waals surface area contributed by atoms with E-state index in [9.17, 15) is 4.79 Å². The Kier molecular flexibility index (Phi) is 4.96. The van der Waals surface area contributed by atoms with Crippen molar-refractivity contribution in [2.75, 3.05) is 11.9 Å². The summed E-state index contributed by atoms with van der Waals surface area (Å²) in [6, 6.07) is 5.83. The van der Waals surface area contributed by atoms with Crippen LogP contribution in [0.1, 0.15) is 24.3 Å². The Labute approximate surface area is 128 Å². The first kappa shape index (κ1) is 15.2. The lowest BCUT2D eigenvalue weighted by Gasteiger charge is -2.22. The molecule has 1 aromatic carbocycles. The van der Waals surface area contributed by atoms with Crippen LogP contribution < -0.4 is 10.6 Å². The van der Waals surface area contributed by atoms with E-state index in [1.807, 2.05) is 25.1 Å². The summed E-state index contributed by atoms with van der Waals surface area (Å²) in [4.78, 5) is 16.5. The molecule has 0 spiro atoms. The molecule has 0 radical (unpaired) electrons. The first-order valence-electron chi connectivity index (χ1n) is 6.64. The number of anilines is 1. The second kappa shape index (κ2) is 6.52. The topological polar surface area (TPSA) is 54.0 Å². The maximum Gasteiger partial charge on any atom is 0.241 e. The number of hydrogen-bond acceptors (Lipinski definition) is 4. The molecule has 2 heterocycles. The Hall–Kier alpha value is -1.17. The van der Waals surface area contributed by atoms with Crippen molar-refractivity contribution >= 4 is 45.6 Å². The minimum absolute atomic E-state index is 0. The largest absolute Gasteiger partial charge is 0.325 e. The fourth-order valence-corrected chi connectivity index (χ4v) is 3.29. The monoisotopic (exact) mass is 311 g/mol. The lowest BCUT2D eigenvalue weighted by atomic mass is 10.0. The van der Waals surface area contributed by atoms with Crippen molar-refractivity contribution in [3.05, 3.63) is 23.2 Å². The van der Waals surface area contributed by atoms with E-state index < -0.39 is 0 Å². The molecule has 2 N–H and O–H groups in total. The molecular formula is C14H18ClN3OS. The van der Waals surface area contributed by atoms with Gasteiger partial charge < -0.3 is 10.6 Å². The third kappa shape index (κ3) is 3.29. The summed E-state index contributed by atoms with van der Waals surface area (Å²) in [6.07, 6.45) is 3.21.